The number of nitrogens with zero attached hydrogens (tertiary/aromatic N) is 3. The highest BCUT2D eigenvalue weighted by molar-refractivity contribution is 5.97. The predicted molar refractivity (Wildman–Crippen MR) is 77.9 cm³/mol. The number of aryl methyl sites for hydroxylation is 2. The summed E-state index contributed by atoms with van der Waals surface area (Å²) in [5, 5.41) is 0. The van der Waals surface area contributed by atoms with Crippen LogP contribution in [0.3, 0.4) is 0 Å². The minimum absolute atomic E-state index is 0.00108. The Labute approximate surface area is 125 Å². The molecule has 0 N–H and O–H groups in total. The topological polar surface area (TPSA) is 66.7 Å². The van der Waals surface area contributed by atoms with Gasteiger partial charge in [0.2, 0.25) is 5.91 Å². The van der Waals surface area contributed by atoms with Gasteiger partial charge in [0.25, 0.3) is 5.91 Å². The molecule has 1 saturated heterocycles. The Hall–Kier alpha value is -1.85. The number of amides is 2. The Balaban J connectivity index is 2.14. The lowest BCUT2D eigenvalue weighted by molar-refractivity contribution is -0.140. The Bertz CT molecular complexity index is 550. The van der Waals surface area contributed by atoms with Crippen molar-refractivity contribution in [2.75, 3.05) is 19.6 Å². The lowest BCUT2D eigenvalue weighted by atomic mass is 10.1. The van der Waals surface area contributed by atoms with Gasteiger partial charge in [-0.3, -0.25) is 9.59 Å². The summed E-state index contributed by atoms with van der Waals surface area (Å²) in [7, 11) is 0. The fourth-order valence-electron chi connectivity index (χ4n) is 2.69. The van der Waals surface area contributed by atoms with Crippen LogP contribution >= 0.6 is 0 Å². The van der Waals surface area contributed by atoms with Crippen LogP contribution < -0.4 is 0 Å². The van der Waals surface area contributed by atoms with Gasteiger partial charge in [0.15, 0.2) is 11.6 Å². The van der Waals surface area contributed by atoms with Crippen molar-refractivity contribution < 1.29 is 14.0 Å². The van der Waals surface area contributed by atoms with Gasteiger partial charge in [-0.15, -0.1) is 0 Å². The molecule has 1 atom stereocenters. The van der Waals surface area contributed by atoms with E-state index in [-0.39, 0.29) is 11.8 Å². The molecule has 0 bridgehead atoms. The smallest absolute Gasteiger partial charge is 0.276 e. The molecule has 0 aromatic carbocycles. The maximum absolute atomic E-state index is 12.6. The first kappa shape index (κ1) is 15.5. The molecule has 6 nitrogen and oxygen atoms in total. The van der Waals surface area contributed by atoms with E-state index in [9.17, 15) is 9.59 Å². The maximum Gasteiger partial charge on any atom is 0.276 e. The van der Waals surface area contributed by atoms with Crippen LogP contribution in [0.25, 0.3) is 0 Å². The summed E-state index contributed by atoms with van der Waals surface area (Å²) >= 11 is 0. The quantitative estimate of drug-likeness (QED) is 0.849. The third-order valence-electron chi connectivity index (χ3n) is 3.70. The first-order valence-electron chi connectivity index (χ1n) is 7.35. The number of carbonyl (C=O) groups is 2. The number of rotatable bonds is 3. The van der Waals surface area contributed by atoms with Gasteiger partial charge in [-0.05, 0) is 19.8 Å². The number of hydrogen-bond donors (Lipinski definition) is 0. The summed E-state index contributed by atoms with van der Waals surface area (Å²) in [6, 6.07) is -0.457. The Morgan fingerprint density at radius 1 is 1.38 bits per heavy atom. The molecule has 1 aliphatic heterocycles. The van der Waals surface area contributed by atoms with Gasteiger partial charge in [0.05, 0.1) is 0 Å². The average molecular weight is 293 g/mol. The molecule has 2 rings (SSSR count). The van der Waals surface area contributed by atoms with Crippen molar-refractivity contribution in [3.8, 4) is 0 Å². The van der Waals surface area contributed by atoms with E-state index in [1.54, 1.807) is 25.7 Å². The second kappa shape index (κ2) is 5.87. The summed E-state index contributed by atoms with van der Waals surface area (Å²) in [6.07, 6.45) is 0. The van der Waals surface area contributed by atoms with Gasteiger partial charge < -0.3 is 14.2 Å². The molecule has 21 heavy (non-hydrogen) atoms. The lowest BCUT2D eigenvalue weighted by Crippen LogP contribution is -2.58. The van der Waals surface area contributed by atoms with Crippen molar-refractivity contribution in [1.29, 1.82) is 0 Å². The maximum atomic E-state index is 12.6. The van der Waals surface area contributed by atoms with Crippen molar-refractivity contribution in [2.45, 2.75) is 40.7 Å². The predicted octanol–water partition coefficient (Wildman–Crippen LogP) is 1.62. The monoisotopic (exact) mass is 293 g/mol. The molecule has 1 fully saturated rings. The molecule has 1 aliphatic rings. The van der Waals surface area contributed by atoms with Crippen LogP contribution in [0.5, 0.6) is 0 Å². The van der Waals surface area contributed by atoms with Crippen LogP contribution in [-0.2, 0) is 4.79 Å². The van der Waals surface area contributed by atoms with Crippen molar-refractivity contribution in [2.24, 2.45) is 5.92 Å². The number of carbonyl (C=O) groups excluding carboxylic acids is 2. The fraction of sp³-hybridized carbons (Fsp3) is 0.667. The van der Waals surface area contributed by atoms with Crippen LogP contribution in [0.1, 0.15) is 42.9 Å². The van der Waals surface area contributed by atoms with Crippen LogP contribution in [0.15, 0.2) is 4.42 Å². The SMILES string of the molecule is Cc1nc(C(=O)N2CCN(CC(C)C)C(=O)[C@H]2C)c(C)o1. The van der Waals surface area contributed by atoms with E-state index in [0.717, 1.165) is 6.54 Å². The molecule has 1 aromatic rings. The van der Waals surface area contributed by atoms with Crippen molar-refractivity contribution in [1.82, 2.24) is 14.8 Å². The molecule has 0 unspecified atom stereocenters. The van der Waals surface area contributed by atoms with E-state index >= 15 is 0 Å². The second-order valence-corrected chi connectivity index (χ2v) is 5.99. The minimum Gasteiger partial charge on any atom is -0.445 e. The van der Waals surface area contributed by atoms with Crippen LogP contribution in [0, 0.1) is 19.8 Å². The first-order valence-corrected chi connectivity index (χ1v) is 7.35. The van der Waals surface area contributed by atoms with E-state index in [1.165, 1.54) is 0 Å². The van der Waals surface area contributed by atoms with Gasteiger partial charge in [-0.2, -0.15) is 0 Å². The van der Waals surface area contributed by atoms with Gasteiger partial charge in [-0.1, -0.05) is 13.8 Å². The molecule has 0 radical (unpaired) electrons. The molecule has 1 aromatic heterocycles. The summed E-state index contributed by atoms with van der Waals surface area (Å²) in [5.41, 5.74) is 0.310. The lowest BCUT2D eigenvalue weighted by Gasteiger charge is -2.39. The highest BCUT2D eigenvalue weighted by Crippen LogP contribution is 2.18. The van der Waals surface area contributed by atoms with E-state index in [2.05, 4.69) is 18.8 Å². The van der Waals surface area contributed by atoms with Gasteiger partial charge in [0, 0.05) is 26.6 Å². The number of aromatic nitrogens is 1. The summed E-state index contributed by atoms with van der Waals surface area (Å²) < 4.78 is 5.31. The van der Waals surface area contributed by atoms with Crippen molar-refractivity contribution in [3.63, 3.8) is 0 Å². The molecule has 0 spiro atoms. The first-order chi connectivity index (χ1) is 9.81. The number of piperazine rings is 1. The zero-order valence-electron chi connectivity index (χ0n) is 13.3. The number of oxazole rings is 1. The molecule has 0 aliphatic carbocycles. The third-order valence-corrected chi connectivity index (χ3v) is 3.70. The minimum atomic E-state index is -0.457. The molecule has 2 heterocycles. The van der Waals surface area contributed by atoms with E-state index in [1.807, 2.05) is 4.90 Å². The Morgan fingerprint density at radius 3 is 2.57 bits per heavy atom. The van der Waals surface area contributed by atoms with Crippen molar-refractivity contribution >= 4 is 11.8 Å². The molecule has 2 amide bonds. The second-order valence-electron chi connectivity index (χ2n) is 5.99. The molecule has 0 saturated carbocycles. The zero-order chi connectivity index (χ0) is 15.7. The fourth-order valence-corrected chi connectivity index (χ4v) is 2.69. The Morgan fingerprint density at radius 2 is 2.05 bits per heavy atom. The molecular formula is C15H23N3O3. The standard InChI is InChI=1S/C15H23N3O3/c1-9(2)8-17-6-7-18(10(3)14(17)19)15(20)13-11(4)21-12(5)16-13/h9-10H,6-8H2,1-5H3/t10-/m1/s1. The van der Waals surface area contributed by atoms with Gasteiger partial charge >= 0.3 is 0 Å². The Kier molecular flexibility index (Phi) is 4.34. The van der Waals surface area contributed by atoms with Gasteiger partial charge in [0.1, 0.15) is 11.8 Å². The van der Waals surface area contributed by atoms with Crippen LogP contribution in [0.2, 0.25) is 0 Å². The largest absolute Gasteiger partial charge is 0.445 e. The van der Waals surface area contributed by atoms with E-state index < -0.39 is 6.04 Å². The van der Waals surface area contributed by atoms with Gasteiger partial charge in [-0.25, -0.2) is 4.98 Å². The summed E-state index contributed by atoms with van der Waals surface area (Å²) in [4.78, 5) is 32.5. The van der Waals surface area contributed by atoms with E-state index in [4.69, 9.17) is 4.42 Å². The van der Waals surface area contributed by atoms with Crippen LogP contribution in [-0.4, -0.2) is 52.3 Å². The summed E-state index contributed by atoms with van der Waals surface area (Å²) in [5.74, 6) is 1.16. The van der Waals surface area contributed by atoms with Crippen molar-refractivity contribution in [3.05, 3.63) is 17.3 Å². The van der Waals surface area contributed by atoms with Crippen LogP contribution in [0.4, 0.5) is 0 Å². The third kappa shape index (κ3) is 3.09. The zero-order valence-corrected chi connectivity index (χ0v) is 13.3. The molecular weight excluding hydrogens is 270 g/mol. The van der Waals surface area contributed by atoms with E-state index in [0.29, 0.717) is 36.4 Å². The molecule has 6 heteroatoms. The normalized spacial score (nSPS) is 19.5. The highest BCUT2D eigenvalue weighted by Gasteiger charge is 2.36. The summed E-state index contributed by atoms with van der Waals surface area (Å²) in [6.45, 7) is 11.2. The highest BCUT2D eigenvalue weighted by atomic mass is 16.4. The number of hydrogen-bond acceptors (Lipinski definition) is 4. The molecule has 116 valence electrons. The average Bonchev–Trinajstić information content (AvgIpc) is 2.73.